The predicted molar refractivity (Wildman–Crippen MR) is 137 cm³/mol. The van der Waals surface area contributed by atoms with Gasteiger partial charge >= 0.3 is 0 Å². The Kier molecular flexibility index (Phi) is 6.27. The van der Waals surface area contributed by atoms with Crippen LogP contribution in [0.5, 0.6) is 11.5 Å². The zero-order valence-electron chi connectivity index (χ0n) is 19.8. The van der Waals surface area contributed by atoms with Crippen LogP contribution in [0.1, 0.15) is 50.8 Å². The van der Waals surface area contributed by atoms with Gasteiger partial charge in [0.05, 0.1) is 6.61 Å². The summed E-state index contributed by atoms with van der Waals surface area (Å²) >= 11 is 7.82. The summed E-state index contributed by atoms with van der Waals surface area (Å²) in [6.45, 7) is 6.48. The SMILES string of the molecule is CCOc1cc(C2C3=C(CC(C)(C)CC3=O)Nc3nc(SCc4ccccc4Cl)nn32)ccc1O. The maximum absolute atomic E-state index is 13.4. The first-order valence-corrected chi connectivity index (χ1v) is 12.9. The number of aromatic nitrogens is 3. The lowest BCUT2D eigenvalue weighted by atomic mass is 9.73. The molecular weight excluding hydrogens is 484 g/mol. The van der Waals surface area contributed by atoms with Gasteiger partial charge in [0, 0.05) is 28.5 Å². The highest BCUT2D eigenvalue weighted by atomic mass is 35.5. The molecule has 1 unspecified atom stereocenters. The van der Waals surface area contributed by atoms with Crippen LogP contribution >= 0.6 is 23.4 Å². The van der Waals surface area contributed by atoms with E-state index in [9.17, 15) is 9.90 Å². The van der Waals surface area contributed by atoms with Crippen molar-refractivity contribution in [2.45, 2.75) is 50.6 Å². The molecule has 0 bridgehead atoms. The van der Waals surface area contributed by atoms with Crippen LogP contribution in [0.2, 0.25) is 5.02 Å². The topological polar surface area (TPSA) is 89.3 Å². The molecule has 1 aliphatic carbocycles. The number of halogens is 1. The van der Waals surface area contributed by atoms with Gasteiger partial charge in [0.2, 0.25) is 11.1 Å². The van der Waals surface area contributed by atoms with E-state index >= 15 is 0 Å². The normalized spacial score (nSPS) is 18.6. The summed E-state index contributed by atoms with van der Waals surface area (Å²) in [6.07, 6.45) is 1.19. The quantitative estimate of drug-likeness (QED) is 0.394. The summed E-state index contributed by atoms with van der Waals surface area (Å²) in [5.41, 5.74) is 3.23. The maximum Gasteiger partial charge on any atom is 0.227 e. The number of rotatable bonds is 6. The molecule has 0 saturated carbocycles. The van der Waals surface area contributed by atoms with Gasteiger partial charge in [0.15, 0.2) is 17.3 Å². The molecule has 0 amide bonds. The number of carbonyl (C=O) groups excluding carboxylic acids is 1. The van der Waals surface area contributed by atoms with Gasteiger partial charge < -0.3 is 15.2 Å². The Morgan fingerprint density at radius 2 is 2.06 bits per heavy atom. The number of allylic oxidation sites excluding steroid dienone is 2. The number of nitrogens with zero attached hydrogens (tertiary/aromatic N) is 3. The second kappa shape index (κ2) is 9.24. The maximum atomic E-state index is 13.4. The third-order valence-corrected chi connectivity index (χ3v) is 7.48. The fraction of sp³-hybridized carbons (Fsp3) is 0.346. The van der Waals surface area contributed by atoms with Crippen LogP contribution in [-0.4, -0.2) is 32.3 Å². The monoisotopic (exact) mass is 510 g/mol. The summed E-state index contributed by atoms with van der Waals surface area (Å²) in [5, 5.41) is 19.7. The highest BCUT2D eigenvalue weighted by Gasteiger charge is 2.42. The number of phenols is 1. The number of ketones is 1. The second-order valence-electron chi connectivity index (χ2n) is 9.56. The minimum Gasteiger partial charge on any atom is -0.504 e. The van der Waals surface area contributed by atoms with Crippen molar-refractivity contribution in [2.24, 2.45) is 5.41 Å². The Labute approximate surface area is 213 Å². The summed E-state index contributed by atoms with van der Waals surface area (Å²) in [5.74, 6) is 1.74. The Balaban J connectivity index is 1.56. The van der Waals surface area contributed by atoms with Crippen molar-refractivity contribution in [2.75, 3.05) is 11.9 Å². The number of benzene rings is 2. The lowest BCUT2D eigenvalue weighted by molar-refractivity contribution is -0.118. The van der Waals surface area contributed by atoms with Crippen LogP contribution < -0.4 is 10.1 Å². The molecule has 0 saturated heterocycles. The van der Waals surface area contributed by atoms with E-state index in [1.807, 2.05) is 37.3 Å². The van der Waals surface area contributed by atoms with Gasteiger partial charge in [-0.3, -0.25) is 4.79 Å². The smallest absolute Gasteiger partial charge is 0.227 e. The van der Waals surface area contributed by atoms with Crippen LogP contribution in [0, 0.1) is 5.41 Å². The number of fused-ring (bicyclic) bond motifs is 1. The zero-order chi connectivity index (χ0) is 24.7. The molecule has 2 heterocycles. The van der Waals surface area contributed by atoms with Crippen molar-refractivity contribution >= 4 is 35.1 Å². The molecule has 0 radical (unpaired) electrons. The molecule has 5 rings (SSSR count). The Morgan fingerprint density at radius 3 is 2.83 bits per heavy atom. The van der Waals surface area contributed by atoms with Gasteiger partial charge in [-0.15, -0.1) is 5.10 Å². The second-order valence-corrected chi connectivity index (χ2v) is 10.9. The van der Waals surface area contributed by atoms with Gasteiger partial charge in [-0.25, -0.2) is 4.68 Å². The van der Waals surface area contributed by atoms with E-state index in [4.69, 9.17) is 26.4 Å². The number of carbonyl (C=O) groups is 1. The van der Waals surface area contributed by atoms with E-state index in [0.29, 0.717) is 46.2 Å². The van der Waals surface area contributed by atoms with Crippen LogP contribution in [0.25, 0.3) is 0 Å². The van der Waals surface area contributed by atoms with E-state index in [1.165, 1.54) is 11.8 Å². The molecule has 1 aromatic heterocycles. The van der Waals surface area contributed by atoms with Crippen LogP contribution in [-0.2, 0) is 10.5 Å². The molecule has 3 aromatic rings. The summed E-state index contributed by atoms with van der Waals surface area (Å²) in [4.78, 5) is 18.2. The fourth-order valence-corrected chi connectivity index (χ4v) is 5.80. The molecule has 1 aliphatic heterocycles. The van der Waals surface area contributed by atoms with Gasteiger partial charge in [-0.1, -0.05) is 61.5 Å². The van der Waals surface area contributed by atoms with E-state index in [-0.39, 0.29) is 16.9 Å². The highest BCUT2D eigenvalue weighted by Crippen LogP contribution is 2.46. The van der Waals surface area contributed by atoms with E-state index in [2.05, 4.69) is 19.2 Å². The van der Waals surface area contributed by atoms with E-state index in [0.717, 1.165) is 23.2 Å². The number of phenolic OH excluding ortho intramolecular Hbond substituents is 1. The van der Waals surface area contributed by atoms with Gasteiger partial charge in [0.25, 0.3) is 0 Å². The average Bonchev–Trinajstić information content (AvgIpc) is 3.20. The van der Waals surface area contributed by atoms with E-state index < -0.39 is 6.04 Å². The molecule has 0 spiro atoms. The first-order chi connectivity index (χ1) is 16.8. The molecular formula is C26H27ClN4O3S. The summed E-state index contributed by atoms with van der Waals surface area (Å²) < 4.78 is 7.40. The molecule has 2 aromatic carbocycles. The van der Waals surface area contributed by atoms with Crippen molar-refractivity contribution in [1.82, 2.24) is 14.8 Å². The molecule has 7 nitrogen and oxygen atoms in total. The third kappa shape index (κ3) is 4.65. The lowest BCUT2D eigenvalue weighted by Gasteiger charge is -2.38. The number of Topliss-reactive ketones (excluding diaryl/α,β-unsaturated/α-hetero) is 1. The van der Waals surface area contributed by atoms with Crippen LogP contribution in [0.4, 0.5) is 5.95 Å². The van der Waals surface area contributed by atoms with Crippen molar-refractivity contribution in [3.05, 3.63) is 69.9 Å². The van der Waals surface area contributed by atoms with Gasteiger partial charge in [-0.2, -0.15) is 4.98 Å². The van der Waals surface area contributed by atoms with E-state index in [1.54, 1.807) is 16.8 Å². The van der Waals surface area contributed by atoms with Crippen LogP contribution in [0.3, 0.4) is 0 Å². The fourth-order valence-electron chi connectivity index (χ4n) is 4.69. The van der Waals surface area contributed by atoms with Gasteiger partial charge in [-0.05, 0) is 48.1 Å². The molecule has 2 N–H and O–H groups in total. The number of hydrogen-bond acceptors (Lipinski definition) is 7. The largest absolute Gasteiger partial charge is 0.504 e. The van der Waals surface area contributed by atoms with Crippen molar-refractivity contribution in [1.29, 1.82) is 0 Å². The number of thioether (sulfide) groups is 1. The average molecular weight is 511 g/mol. The number of anilines is 1. The zero-order valence-corrected chi connectivity index (χ0v) is 21.4. The Bertz CT molecular complexity index is 1330. The molecule has 35 heavy (non-hydrogen) atoms. The molecule has 1 atom stereocenters. The predicted octanol–water partition coefficient (Wildman–Crippen LogP) is 5.99. The van der Waals surface area contributed by atoms with Gasteiger partial charge in [0.1, 0.15) is 6.04 Å². The third-order valence-electron chi connectivity index (χ3n) is 6.23. The number of aromatic hydroxyl groups is 1. The minimum atomic E-state index is -0.466. The highest BCUT2D eigenvalue weighted by molar-refractivity contribution is 7.98. The summed E-state index contributed by atoms with van der Waals surface area (Å²) in [7, 11) is 0. The first kappa shape index (κ1) is 23.8. The number of nitrogens with one attached hydrogen (secondary N) is 1. The van der Waals surface area contributed by atoms with Crippen molar-refractivity contribution < 1.29 is 14.6 Å². The number of ether oxygens (including phenoxy) is 1. The Morgan fingerprint density at radius 1 is 1.26 bits per heavy atom. The Hall–Kier alpha value is -2.97. The molecule has 2 aliphatic rings. The molecule has 9 heteroatoms. The molecule has 0 fully saturated rings. The van der Waals surface area contributed by atoms with Crippen molar-refractivity contribution in [3.8, 4) is 11.5 Å². The molecule has 182 valence electrons. The lowest BCUT2D eigenvalue weighted by Crippen LogP contribution is -2.36. The summed E-state index contributed by atoms with van der Waals surface area (Å²) in [6, 6.07) is 12.4. The van der Waals surface area contributed by atoms with Crippen molar-refractivity contribution in [3.63, 3.8) is 0 Å². The van der Waals surface area contributed by atoms with Crippen LogP contribution in [0.15, 0.2) is 58.9 Å². The standard InChI is InChI=1S/C26H27ClN4O3S/c1-4-34-21-11-15(9-10-19(21)32)23-22-18(12-26(2,3)13-20(22)33)28-24-29-25(30-31(23)24)35-14-16-7-5-6-8-17(16)27/h5-11,23,32H,4,12-14H2,1-3H3,(H,28,29,30). The first-order valence-electron chi connectivity index (χ1n) is 11.6. The number of hydrogen-bond donors (Lipinski definition) is 2. The minimum absolute atomic E-state index is 0.0599.